The van der Waals surface area contributed by atoms with Crippen LogP contribution in [0.15, 0.2) is 24.3 Å². The first kappa shape index (κ1) is 18.2. The number of fused-ring (bicyclic) bond motifs is 3. The van der Waals surface area contributed by atoms with Crippen molar-refractivity contribution in [3.63, 3.8) is 0 Å². The van der Waals surface area contributed by atoms with Crippen LogP contribution >= 0.6 is 22.9 Å². The third-order valence-corrected chi connectivity index (χ3v) is 6.24. The largest absolute Gasteiger partial charge is 0.380 e. The minimum atomic E-state index is -0.210. The highest BCUT2D eigenvalue weighted by Crippen LogP contribution is 2.42. The Morgan fingerprint density at radius 3 is 2.81 bits per heavy atom. The molecule has 1 unspecified atom stereocenters. The number of anilines is 2. The Morgan fingerprint density at radius 1 is 1.33 bits per heavy atom. The number of halogens is 1. The molecule has 0 saturated heterocycles. The lowest BCUT2D eigenvalue weighted by atomic mass is 10.1. The number of hydrogen-bond acceptors (Lipinski definition) is 5. The first-order valence-corrected chi connectivity index (χ1v) is 9.88. The van der Waals surface area contributed by atoms with Gasteiger partial charge in [0.05, 0.1) is 12.3 Å². The number of carbonyl (C=O) groups excluding carboxylic acids is 1. The second kappa shape index (κ2) is 6.78. The van der Waals surface area contributed by atoms with E-state index in [4.69, 9.17) is 16.3 Å². The summed E-state index contributed by atoms with van der Waals surface area (Å²) >= 11 is 7.70. The average molecular weight is 402 g/mol. The summed E-state index contributed by atoms with van der Waals surface area (Å²) in [6.45, 7) is 6.34. The van der Waals surface area contributed by atoms with Crippen LogP contribution in [0.5, 0.6) is 0 Å². The van der Waals surface area contributed by atoms with E-state index in [1.54, 1.807) is 12.0 Å². The third-order valence-electron chi connectivity index (χ3n) is 4.76. The van der Waals surface area contributed by atoms with Crippen LogP contribution in [-0.2, 0) is 11.3 Å². The molecule has 1 aliphatic rings. The van der Waals surface area contributed by atoms with Crippen LogP contribution in [-0.4, -0.2) is 24.2 Å². The second-order valence-electron chi connectivity index (χ2n) is 6.77. The highest BCUT2D eigenvalue weighted by molar-refractivity contribution is 7.21. The number of thiophene rings is 1. The maximum absolute atomic E-state index is 13.3. The Labute approximate surface area is 166 Å². The molecular weight excluding hydrogens is 382 g/mol. The predicted molar refractivity (Wildman–Crippen MR) is 111 cm³/mol. The molecule has 1 aromatic carbocycles. The van der Waals surface area contributed by atoms with Gasteiger partial charge in [0.1, 0.15) is 15.9 Å². The van der Waals surface area contributed by atoms with Gasteiger partial charge < -0.3 is 10.1 Å². The van der Waals surface area contributed by atoms with Gasteiger partial charge in [-0.3, -0.25) is 9.69 Å². The minimum absolute atomic E-state index is 0.0415. The number of hydrogen-bond donors (Lipinski definition) is 1. The number of benzene rings is 1. The molecule has 140 valence electrons. The van der Waals surface area contributed by atoms with Gasteiger partial charge in [0.2, 0.25) is 0 Å². The molecule has 0 bridgehead atoms. The van der Waals surface area contributed by atoms with Crippen molar-refractivity contribution in [3.8, 4) is 0 Å². The van der Waals surface area contributed by atoms with Crippen LogP contribution in [0, 0.1) is 13.8 Å². The molecular formula is C20H20ClN3O2S. The fourth-order valence-electron chi connectivity index (χ4n) is 3.50. The topological polar surface area (TPSA) is 54.5 Å². The van der Waals surface area contributed by atoms with Crippen molar-refractivity contribution in [2.45, 2.75) is 33.5 Å². The zero-order valence-electron chi connectivity index (χ0n) is 15.6. The average Bonchev–Trinajstić information content (AvgIpc) is 2.97. The van der Waals surface area contributed by atoms with E-state index < -0.39 is 0 Å². The fourth-order valence-corrected chi connectivity index (χ4v) is 4.84. The number of methoxy groups -OCH3 is 1. The van der Waals surface area contributed by atoms with Gasteiger partial charge in [-0.1, -0.05) is 17.7 Å². The van der Waals surface area contributed by atoms with Gasteiger partial charge in [0, 0.05) is 28.9 Å². The summed E-state index contributed by atoms with van der Waals surface area (Å²) < 4.78 is 5.36. The van der Waals surface area contributed by atoms with E-state index in [-0.39, 0.29) is 12.1 Å². The molecule has 1 amide bonds. The van der Waals surface area contributed by atoms with Gasteiger partial charge in [-0.2, -0.15) is 0 Å². The SMILES string of the molecule is COCc1cc(C)nc2sc3c(c12)NC(C)N(c1ccc(C)c(Cl)c1)C3=O. The zero-order chi connectivity index (χ0) is 19.3. The minimum Gasteiger partial charge on any atom is -0.380 e. The highest BCUT2D eigenvalue weighted by Gasteiger charge is 2.34. The van der Waals surface area contributed by atoms with E-state index in [2.05, 4.69) is 10.3 Å². The predicted octanol–water partition coefficient (Wildman–Crippen LogP) is 5.13. The number of pyridine rings is 1. The maximum Gasteiger partial charge on any atom is 0.272 e. The highest BCUT2D eigenvalue weighted by atomic mass is 35.5. The number of rotatable bonds is 3. The Morgan fingerprint density at radius 2 is 2.11 bits per heavy atom. The normalized spacial score (nSPS) is 16.6. The van der Waals surface area contributed by atoms with Crippen molar-refractivity contribution in [2.75, 3.05) is 17.3 Å². The Bertz CT molecular complexity index is 1060. The summed E-state index contributed by atoms with van der Waals surface area (Å²) in [6.07, 6.45) is -0.210. The van der Waals surface area contributed by atoms with Crippen molar-refractivity contribution < 1.29 is 9.53 Å². The number of carbonyl (C=O) groups is 1. The lowest BCUT2D eigenvalue weighted by Crippen LogP contribution is -2.46. The maximum atomic E-state index is 13.3. The van der Waals surface area contributed by atoms with E-state index in [0.29, 0.717) is 16.5 Å². The summed E-state index contributed by atoms with van der Waals surface area (Å²) in [5.41, 5.74) is 4.56. The lowest BCUT2D eigenvalue weighted by molar-refractivity contribution is 0.0981. The summed E-state index contributed by atoms with van der Waals surface area (Å²) in [5, 5.41) is 5.11. The van der Waals surface area contributed by atoms with Gasteiger partial charge in [0.25, 0.3) is 5.91 Å². The van der Waals surface area contributed by atoms with E-state index in [9.17, 15) is 4.79 Å². The Kier molecular flexibility index (Phi) is 4.58. The number of nitrogens with zero attached hydrogens (tertiary/aromatic N) is 2. The number of amides is 1. The zero-order valence-corrected chi connectivity index (χ0v) is 17.2. The Hall–Kier alpha value is -2.15. The fraction of sp³-hybridized carbons (Fsp3) is 0.300. The molecule has 2 aromatic heterocycles. The van der Waals surface area contributed by atoms with Crippen LogP contribution in [0.3, 0.4) is 0 Å². The van der Waals surface area contributed by atoms with Gasteiger partial charge in [-0.05, 0) is 50.1 Å². The molecule has 0 aliphatic carbocycles. The van der Waals surface area contributed by atoms with Crippen LogP contribution < -0.4 is 10.2 Å². The molecule has 4 rings (SSSR count). The third kappa shape index (κ3) is 2.98. The van der Waals surface area contributed by atoms with Crippen molar-refractivity contribution in [2.24, 2.45) is 0 Å². The van der Waals surface area contributed by atoms with E-state index >= 15 is 0 Å². The van der Waals surface area contributed by atoms with Gasteiger partial charge in [-0.15, -0.1) is 11.3 Å². The smallest absolute Gasteiger partial charge is 0.272 e. The molecule has 0 spiro atoms. The standard InChI is InChI=1S/C20H20ClN3O2S/c1-10-5-6-14(8-15(10)21)24-12(3)23-17-16-13(9-26-4)7-11(2)22-19(16)27-18(17)20(24)25/h5-8,12,23H,9H2,1-4H3. The van der Waals surface area contributed by atoms with Crippen LogP contribution in [0.4, 0.5) is 11.4 Å². The summed E-state index contributed by atoms with van der Waals surface area (Å²) in [5.74, 6) is -0.0415. The number of nitrogens with one attached hydrogen (secondary N) is 1. The Balaban J connectivity index is 1.86. The number of ether oxygens (including phenoxy) is 1. The summed E-state index contributed by atoms with van der Waals surface area (Å²) in [7, 11) is 1.67. The van der Waals surface area contributed by atoms with Crippen LogP contribution in [0.1, 0.15) is 33.4 Å². The lowest BCUT2D eigenvalue weighted by Gasteiger charge is -2.34. The van der Waals surface area contributed by atoms with Crippen molar-refractivity contribution >= 4 is 50.4 Å². The van der Waals surface area contributed by atoms with Gasteiger partial charge in [-0.25, -0.2) is 4.98 Å². The van der Waals surface area contributed by atoms with Crippen LogP contribution in [0.25, 0.3) is 10.2 Å². The van der Waals surface area contributed by atoms with E-state index in [1.165, 1.54) is 11.3 Å². The molecule has 1 atom stereocenters. The molecule has 7 heteroatoms. The van der Waals surface area contributed by atoms with Gasteiger partial charge in [0.15, 0.2) is 0 Å². The van der Waals surface area contributed by atoms with Crippen molar-refractivity contribution in [1.82, 2.24) is 4.98 Å². The van der Waals surface area contributed by atoms with Crippen LogP contribution in [0.2, 0.25) is 5.02 Å². The van der Waals surface area contributed by atoms with Crippen molar-refractivity contribution in [3.05, 3.63) is 51.0 Å². The monoisotopic (exact) mass is 401 g/mol. The molecule has 3 heterocycles. The molecule has 0 radical (unpaired) electrons. The van der Waals surface area contributed by atoms with Gasteiger partial charge >= 0.3 is 0 Å². The number of aromatic nitrogens is 1. The quantitative estimate of drug-likeness (QED) is 0.660. The van der Waals surface area contributed by atoms with Crippen molar-refractivity contribution in [1.29, 1.82) is 0 Å². The second-order valence-corrected chi connectivity index (χ2v) is 8.18. The molecule has 0 fully saturated rings. The molecule has 5 nitrogen and oxygen atoms in total. The summed E-state index contributed by atoms with van der Waals surface area (Å²) in [4.78, 5) is 21.2. The van der Waals surface area contributed by atoms with E-state index in [0.717, 1.165) is 38.4 Å². The molecule has 0 saturated carbocycles. The molecule has 27 heavy (non-hydrogen) atoms. The summed E-state index contributed by atoms with van der Waals surface area (Å²) in [6, 6.07) is 7.71. The first-order chi connectivity index (χ1) is 12.9. The molecule has 1 N–H and O–H groups in total. The molecule has 1 aliphatic heterocycles. The number of aryl methyl sites for hydroxylation is 2. The first-order valence-electron chi connectivity index (χ1n) is 8.69. The molecule has 3 aromatic rings. The van der Waals surface area contributed by atoms with E-state index in [1.807, 2.05) is 45.0 Å².